The smallest absolute Gasteiger partial charge is 0.267 e. The third kappa shape index (κ3) is 2.83. The fourth-order valence-electron chi connectivity index (χ4n) is 3.10. The maximum absolute atomic E-state index is 12.7. The standard InChI is InChI=1S/C16H19N5O3/c1-10-4-7-13(22)21(18-10)9-14(23)20-8-2-3-12(20)15-17-16(24-19-15)11-5-6-11/h4,7,11-12H,2-3,5-6,8-9H2,1H3/t12-/m0/s1. The third-order valence-corrected chi connectivity index (χ3v) is 4.54. The number of hydrogen-bond acceptors (Lipinski definition) is 6. The molecule has 8 nitrogen and oxygen atoms in total. The molecule has 2 aliphatic rings. The SMILES string of the molecule is Cc1ccc(=O)n(CC(=O)N2CCC[C@H]2c2noc(C3CC3)n2)n1. The Morgan fingerprint density at radius 2 is 2.17 bits per heavy atom. The molecular formula is C16H19N5O3. The van der Waals surface area contributed by atoms with Crippen LogP contribution in [0, 0.1) is 6.92 Å². The summed E-state index contributed by atoms with van der Waals surface area (Å²) < 4.78 is 6.52. The van der Waals surface area contributed by atoms with Gasteiger partial charge in [0, 0.05) is 18.5 Å². The lowest BCUT2D eigenvalue weighted by atomic mass is 10.2. The molecule has 2 aromatic heterocycles. The third-order valence-electron chi connectivity index (χ3n) is 4.54. The Balaban J connectivity index is 1.52. The van der Waals surface area contributed by atoms with E-state index in [-0.39, 0.29) is 24.1 Å². The van der Waals surface area contributed by atoms with E-state index in [1.165, 1.54) is 10.7 Å². The molecule has 8 heteroatoms. The zero-order valence-corrected chi connectivity index (χ0v) is 13.5. The van der Waals surface area contributed by atoms with E-state index < -0.39 is 0 Å². The second-order valence-electron chi connectivity index (χ2n) is 6.48. The molecule has 0 aromatic carbocycles. The summed E-state index contributed by atoms with van der Waals surface area (Å²) in [6, 6.07) is 2.90. The molecule has 4 rings (SSSR count). The quantitative estimate of drug-likeness (QED) is 0.836. The van der Waals surface area contributed by atoms with Crippen LogP contribution in [0.3, 0.4) is 0 Å². The van der Waals surface area contributed by atoms with Gasteiger partial charge in [0.05, 0.1) is 11.7 Å². The number of amides is 1. The lowest BCUT2D eigenvalue weighted by Crippen LogP contribution is -2.37. The van der Waals surface area contributed by atoms with Gasteiger partial charge in [-0.25, -0.2) is 4.68 Å². The summed E-state index contributed by atoms with van der Waals surface area (Å²) in [4.78, 5) is 30.7. The predicted octanol–water partition coefficient (Wildman–Crippen LogP) is 1.18. The van der Waals surface area contributed by atoms with Crippen LogP contribution in [0.15, 0.2) is 21.5 Å². The molecular weight excluding hydrogens is 310 g/mol. The van der Waals surface area contributed by atoms with E-state index in [2.05, 4.69) is 15.2 Å². The Kier molecular flexibility index (Phi) is 3.66. The largest absolute Gasteiger partial charge is 0.339 e. The highest BCUT2D eigenvalue weighted by atomic mass is 16.5. The average Bonchev–Trinajstić information content (AvgIpc) is 3.10. The van der Waals surface area contributed by atoms with Crippen molar-refractivity contribution >= 4 is 5.91 Å². The molecule has 2 fully saturated rings. The van der Waals surface area contributed by atoms with E-state index in [0.29, 0.717) is 29.9 Å². The van der Waals surface area contributed by atoms with E-state index in [4.69, 9.17) is 4.52 Å². The van der Waals surface area contributed by atoms with E-state index in [1.807, 2.05) is 0 Å². The fraction of sp³-hybridized carbons (Fsp3) is 0.562. The summed E-state index contributed by atoms with van der Waals surface area (Å²) in [5.74, 6) is 1.51. The van der Waals surface area contributed by atoms with Gasteiger partial charge >= 0.3 is 0 Å². The monoisotopic (exact) mass is 329 g/mol. The van der Waals surface area contributed by atoms with Crippen molar-refractivity contribution in [2.75, 3.05) is 6.54 Å². The molecule has 1 amide bonds. The number of likely N-dealkylation sites (tertiary alicyclic amines) is 1. The van der Waals surface area contributed by atoms with Gasteiger partial charge in [0.2, 0.25) is 11.8 Å². The maximum Gasteiger partial charge on any atom is 0.267 e. The average molecular weight is 329 g/mol. The Bertz CT molecular complexity index is 823. The molecule has 1 aliphatic carbocycles. The minimum absolute atomic E-state index is 0.0651. The predicted molar refractivity (Wildman–Crippen MR) is 83.2 cm³/mol. The van der Waals surface area contributed by atoms with Gasteiger partial charge in [-0.05, 0) is 38.7 Å². The van der Waals surface area contributed by atoms with Gasteiger partial charge in [-0.1, -0.05) is 5.16 Å². The second-order valence-corrected chi connectivity index (χ2v) is 6.48. The lowest BCUT2D eigenvalue weighted by Gasteiger charge is -2.22. The van der Waals surface area contributed by atoms with Crippen molar-refractivity contribution < 1.29 is 9.32 Å². The molecule has 1 saturated heterocycles. The van der Waals surface area contributed by atoms with E-state index in [1.54, 1.807) is 17.9 Å². The molecule has 0 radical (unpaired) electrons. The Hall–Kier alpha value is -2.51. The fourth-order valence-corrected chi connectivity index (χ4v) is 3.10. The van der Waals surface area contributed by atoms with Gasteiger partial charge in [0.1, 0.15) is 6.54 Å². The normalized spacial score (nSPS) is 20.5. The molecule has 0 spiro atoms. The van der Waals surface area contributed by atoms with E-state index >= 15 is 0 Å². The first-order valence-corrected chi connectivity index (χ1v) is 8.29. The number of hydrogen-bond donors (Lipinski definition) is 0. The summed E-state index contributed by atoms with van der Waals surface area (Å²) >= 11 is 0. The second kappa shape index (κ2) is 5.85. The number of aryl methyl sites for hydroxylation is 1. The molecule has 24 heavy (non-hydrogen) atoms. The van der Waals surface area contributed by atoms with E-state index in [9.17, 15) is 9.59 Å². The van der Waals surface area contributed by atoms with Crippen LogP contribution in [-0.4, -0.2) is 37.3 Å². The molecule has 0 bridgehead atoms. The van der Waals surface area contributed by atoms with Gasteiger partial charge in [0.15, 0.2) is 5.82 Å². The van der Waals surface area contributed by atoms with Crippen molar-refractivity contribution in [1.29, 1.82) is 0 Å². The van der Waals surface area contributed by atoms with Crippen molar-refractivity contribution in [3.05, 3.63) is 39.9 Å². The van der Waals surface area contributed by atoms with Crippen LogP contribution in [-0.2, 0) is 11.3 Å². The summed E-state index contributed by atoms with van der Waals surface area (Å²) in [5.41, 5.74) is 0.424. The Morgan fingerprint density at radius 1 is 1.33 bits per heavy atom. The van der Waals surface area contributed by atoms with Gasteiger partial charge < -0.3 is 9.42 Å². The molecule has 3 heterocycles. The van der Waals surface area contributed by atoms with Crippen LogP contribution in [0.5, 0.6) is 0 Å². The molecule has 1 saturated carbocycles. The molecule has 1 atom stereocenters. The van der Waals surface area contributed by atoms with Crippen LogP contribution < -0.4 is 5.56 Å². The Morgan fingerprint density at radius 3 is 2.96 bits per heavy atom. The summed E-state index contributed by atoms with van der Waals surface area (Å²) in [6.07, 6.45) is 3.89. The van der Waals surface area contributed by atoms with Gasteiger partial charge in [-0.15, -0.1) is 0 Å². The highest BCUT2D eigenvalue weighted by Gasteiger charge is 2.36. The van der Waals surface area contributed by atoms with Gasteiger partial charge in [0.25, 0.3) is 5.56 Å². The van der Waals surface area contributed by atoms with Crippen molar-refractivity contribution in [3.63, 3.8) is 0 Å². The van der Waals surface area contributed by atoms with Gasteiger partial charge in [-0.3, -0.25) is 9.59 Å². The van der Waals surface area contributed by atoms with Crippen LogP contribution in [0.4, 0.5) is 0 Å². The minimum Gasteiger partial charge on any atom is -0.339 e. The zero-order valence-electron chi connectivity index (χ0n) is 13.5. The van der Waals surface area contributed by atoms with Crippen molar-refractivity contribution in [2.45, 2.75) is 51.1 Å². The van der Waals surface area contributed by atoms with Crippen LogP contribution in [0.1, 0.15) is 55.1 Å². The first kappa shape index (κ1) is 15.0. The summed E-state index contributed by atoms with van der Waals surface area (Å²) in [7, 11) is 0. The lowest BCUT2D eigenvalue weighted by molar-refractivity contribution is -0.133. The van der Waals surface area contributed by atoms with Crippen molar-refractivity contribution in [2.24, 2.45) is 0 Å². The van der Waals surface area contributed by atoms with Crippen LogP contribution in [0.25, 0.3) is 0 Å². The molecule has 0 unspecified atom stereocenters. The molecule has 1 aliphatic heterocycles. The van der Waals surface area contributed by atoms with Crippen molar-refractivity contribution in [3.8, 4) is 0 Å². The number of carbonyl (C=O) groups is 1. The molecule has 0 N–H and O–H groups in total. The zero-order chi connectivity index (χ0) is 16.7. The Labute approximate surface area is 138 Å². The highest BCUT2D eigenvalue weighted by Crippen LogP contribution is 2.40. The number of rotatable bonds is 4. The number of aromatic nitrogens is 4. The van der Waals surface area contributed by atoms with Gasteiger partial charge in [-0.2, -0.15) is 10.1 Å². The molecule has 2 aromatic rings. The molecule has 126 valence electrons. The van der Waals surface area contributed by atoms with Crippen LogP contribution in [0.2, 0.25) is 0 Å². The van der Waals surface area contributed by atoms with Crippen molar-refractivity contribution in [1.82, 2.24) is 24.8 Å². The first-order valence-electron chi connectivity index (χ1n) is 8.29. The summed E-state index contributed by atoms with van der Waals surface area (Å²) in [5, 5.41) is 8.19. The topological polar surface area (TPSA) is 94.1 Å². The van der Waals surface area contributed by atoms with Crippen LogP contribution >= 0.6 is 0 Å². The first-order chi connectivity index (χ1) is 11.6. The highest BCUT2D eigenvalue weighted by molar-refractivity contribution is 5.76. The summed E-state index contributed by atoms with van der Waals surface area (Å²) in [6.45, 7) is 2.36. The number of nitrogens with zero attached hydrogens (tertiary/aromatic N) is 5. The van der Waals surface area contributed by atoms with E-state index in [0.717, 1.165) is 25.7 Å². The maximum atomic E-state index is 12.7. The number of carbonyl (C=O) groups excluding carboxylic acids is 1. The minimum atomic E-state index is -0.278.